The van der Waals surface area contributed by atoms with E-state index in [1.165, 1.54) is 44.9 Å². The third-order valence-corrected chi connectivity index (χ3v) is 10.2. The summed E-state index contributed by atoms with van der Waals surface area (Å²) in [5, 5.41) is 0. The Morgan fingerprint density at radius 3 is 1.25 bits per heavy atom. The van der Waals surface area contributed by atoms with Crippen LogP contribution in [0.25, 0.3) is 0 Å². The SMILES string of the molecule is CC/C=C\C/C=C\C/C=C\C/C=C\CCCCCC(=O)OC(COC(=O)CC/C=C\C/C=C\CCCCCCCC)COC(=O)CCCCCCC\C=C/C=C\C=C/C=C\C=C/CCC. The second-order valence-corrected chi connectivity index (χ2v) is 16.5. The van der Waals surface area contributed by atoms with Gasteiger partial charge in [-0.25, -0.2) is 0 Å². The van der Waals surface area contributed by atoms with Gasteiger partial charge in [0.1, 0.15) is 13.2 Å². The first kappa shape index (κ1) is 60.5. The second kappa shape index (κ2) is 52.2. The Balaban J connectivity index is 4.59. The van der Waals surface area contributed by atoms with E-state index in [2.05, 4.69) is 112 Å². The Hall–Kier alpha value is -4.45. The maximum absolute atomic E-state index is 12.8. The summed E-state index contributed by atoms with van der Waals surface area (Å²) in [4.78, 5) is 38.0. The second-order valence-electron chi connectivity index (χ2n) is 16.5. The maximum Gasteiger partial charge on any atom is 0.306 e. The van der Waals surface area contributed by atoms with Crippen molar-refractivity contribution in [2.45, 2.75) is 207 Å². The lowest BCUT2D eigenvalue weighted by molar-refractivity contribution is -0.166. The number of ether oxygens (including phenoxy) is 3. The Kier molecular flexibility index (Phi) is 48.6. The molecule has 0 aliphatic rings. The predicted octanol–water partition coefficient (Wildman–Crippen LogP) is 17.1. The van der Waals surface area contributed by atoms with Crippen LogP contribution in [0.3, 0.4) is 0 Å². The van der Waals surface area contributed by atoms with Crippen LogP contribution < -0.4 is 0 Å². The molecule has 364 valence electrons. The molecular weight excluding hydrogens is 805 g/mol. The Labute approximate surface area is 398 Å². The van der Waals surface area contributed by atoms with E-state index in [1.54, 1.807) is 0 Å². The zero-order valence-electron chi connectivity index (χ0n) is 41.4. The lowest BCUT2D eigenvalue weighted by atomic mass is 10.1. The fourth-order valence-corrected chi connectivity index (χ4v) is 6.40. The van der Waals surface area contributed by atoms with Gasteiger partial charge in [-0.2, -0.15) is 0 Å². The normalized spacial score (nSPS) is 13.2. The predicted molar refractivity (Wildman–Crippen MR) is 279 cm³/mol. The first-order valence-corrected chi connectivity index (χ1v) is 25.8. The first-order chi connectivity index (χ1) is 32.0. The number of hydrogen-bond donors (Lipinski definition) is 0. The number of rotatable bonds is 44. The van der Waals surface area contributed by atoms with Gasteiger partial charge in [0.15, 0.2) is 6.10 Å². The maximum atomic E-state index is 12.8. The molecule has 1 unspecified atom stereocenters. The molecule has 0 amide bonds. The molecule has 0 rings (SSSR count). The number of carbonyl (C=O) groups is 3. The molecule has 6 heteroatoms. The highest BCUT2D eigenvalue weighted by Gasteiger charge is 2.19. The van der Waals surface area contributed by atoms with Crippen molar-refractivity contribution >= 4 is 17.9 Å². The molecule has 0 fully saturated rings. The molecule has 0 heterocycles. The highest BCUT2D eigenvalue weighted by molar-refractivity contribution is 5.71. The molecule has 0 radical (unpaired) electrons. The molecule has 0 N–H and O–H groups in total. The minimum Gasteiger partial charge on any atom is -0.462 e. The van der Waals surface area contributed by atoms with Crippen molar-refractivity contribution in [2.75, 3.05) is 13.2 Å². The summed E-state index contributed by atoms with van der Waals surface area (Å²) >= 11 is 0. The lowest BCUT2D eigenvalue weighted by Gasteiger charge is -2.18. The van der Waals surface area contributed by atoms with E-state index >= 15 is 0 Å². The summed E-state index contributed by atoms with van der Waals surface area (Å²) in [5.74, 6) is -1.06. The summed E-state index contributed by atoms with van der Waals surface area (Å²) in [6, 6.07) is 0. The van der Waals surface area contributed by atoms with Crippen LogP contribution in [0.5, 0.6) is 0 Å². The van der Waals surface area contributed by atoms with Crippen LogP contribution >= 0.6 is 0 Å². The van der Waals surface area contributed by atoms with E-state index in [0.717, 1.165) is 103 Å². The highest BCUT2D eigenvalue weighted by atomic mass is 16.6. The largest absolute Gasteiger partial charge is 0.462 e. The van der Waals surface area contributed by atoms with Gasteiger partial charge in [-0.3, -0.25) is 14.4 Å². The molecule has 6 nitrogen and oxygen atoms in total. The molecule has 1 atom stereocenters. The fraction of sp³-hybridized carbons (Fsp3) is 0.576. The minimum atomic E-state index is -0.833. The van der Waals surface area contributed by atoms with Crippen molar-refractivity contribution in [3.63, 3.8) is 0 Å². The van der Waals surface area contributed by atoms with Crippen molar-refractivity contribution in [1.29, 1.82) is 0 Å². The summed E-state index contributed by atoms with van der Waals surface area (Å²) in [6.45, 7) is 6.30. The van der Waals surface area contributed by atoms with Crippen molar-refractivity contribution in [1.82, 2.24) is 0 Å². The van der Waals surface area contributed by atoms with Crippen LogP contribution in [0, 0.1) is 0 Å². The van der Waals surface area contributed by atoms with E-state index in [1.807, 2.05) is 42.5 Å². The van der Waals surface area contributed by atoms with Crippen LogP contribution in [0.1, 0.15) is 201 Å². The molecule has 0 aliphatic heterocycles. The van der Waals surface area contributed by atoms with Crippen LogP contribution in [-0.2, 0) is 28.6 Å². The summed E-state index contributed by atoms with van der Waals surface area (Å²) < 4.78 is 16.7. The van der Waals surface area contributed by atoms with Crippen molar-refractivity contribution in [3.05, 3.63) is 134 Å². The molecular formula is C59H92O6. The summed E-state index contributed by atoms with van der Waals surface area (Å²) in [5.41, 5.74) is 0. The van der Waals surface area contributed by atoms with Gasteiger partial charge < -0.3 is 14.2 Å². The zero-order valence-corrected chi connectivity index (χ0v) is 41.4. The Morgan fingerprint density at radius 2 is 0.723 bits per heavy atom. The molecule has 0 aliphatic carbocycles. The minimum absolute atomic E-state index is 0.127. The molecule has 0 saturated carbocycles. The molecule has 0 saturated heterocycles. The van der Waals surface area contributed by atoms with Crippen LogP contribution in [-0.4, -0.2) is 37.2 Å². The average Bonchev–Trinajstić information content (AvgIpc) is 3.30. The molecule has 0 bridgehead atoms. The van der Waals surface area contributed by atoms with Crippen LogP contribution in [0.15, 0.2) is 134 Å². The number of carbonyl (C=O) groups excluding carboxylic acids is 3. The summed E-state index contributed by atoms with van der Waals surface area (Å²) in [6.07, 6.45) is 73.0. The van der Waals surface area contributed by atoms with Gasteiger partial charge in [0.25, 0.3) is 0 Å². The zero-order chi connectivity index (χ0) is 47.2. The smallest absolute Gasteiger partial charge is 0.306 e. The van der Waals surface area contributed by atoms with E-state index < -0.39 is 6.10 Å². The van der Waals surface area contributed by atoms with Gasteiger partial charge in [-0.05, 0) is 96.3 Å². The Morgan fingerprint density at radius 1 is 0.338 bits per heavy atom. The lowest BCUT2D eigenvalue weighted by Crippen LogP contribution is -2.30. The monoisotopic (exact) mass is 897 g/mol. The molecule has 65 heavy (non-hydrogen) atoms. The van der Waals surface area contributed by atoms with E-state index in [-0.39, 0.29) is 44.0 Å². The average molecular weight is 897 g/mol. The number of allylic oxidation sites excluding steroid dienone is 22. The van der Waals surface area contributed by atoms with E-state index in [4.69, 9.17) is 14.2 Å². The van der Waals surface area contributed by atoms with E-state index in [0.29, 0.717) is 19.3 Å². The molecule has 0 aromatic heterocycles. The first-order valence-electron chi connectivity index (χ1n) is 25.8. The fourth-order valence-electron chi connectivity index (χ4n) is 6.40. The van der Waals surface area contributed by atoms with Crippen molar-refractivity contribution < 1.29 is 28.6 Å². The standard InChI is InChI=1S/C59H92O6/c1-4-7-10-13-16-19-22-25-27-29-30-32-34-37-40-43-46-49-52-58(61)64-55-56(54-63-57(60)51-48-45-42-39-36-33-24-21-18-15-12-9-6-3)65-59(62)53-50-47-44-41-38-35-31-28-26-23-20-17-14-11-8-5-2/h8,10-11,13,16-17,19-20,22,25-30,32-33,35-36,38,42,45,56H,4-7,9,12,14-15,18,21,23-24,31,34,37,39-41,43-44,46-55H2,1-3H3/b11-8-,13-10-,19-16-,20-17-,25-22-,28-26-,29-27-,32-30-,36-33-,38-35-,45-42-. The van der Waals surface area contributed by atoms with Gasteiger partial charge in [0, 0.05) is 19.3 Å². The van der Waals surface area contributed by atoms with Crippen LogP contribution in [0.2, 0.25) is 0 Å². The van der Waals surface area contributed by atoms with Gasteiger partial charge in [-0.1, -0.05) is 219 Å². The third-order valence-electron chi connectivity index (χ3n) is 10.2. The van der Waals surface area contributed by atoms with Gasteiger partial charge in [-0.15, -0.1) is 0 Å². The molecule has 0 aromatic rings. The topological polar surface area (TPSA) is 78.9 Å². The number of unbranched alkanes of at least 4 members (excludes halogenated alkanes) is 15. The Bertz CT molecular complexity index is 1450. The van der Waals surface area contributed by atoms with Gasteiger partial charge in [0.05, 0.1) is 0 Å². The van der Waals surface area contributed by atoms with Gasteiger partial charge in [0.2, 0.25) is 0 Å². The third kappa shape index (κ3) is 50.4. The van der Waals surface area contributed by atoms with E-state index in [9.17, 15) is 14.4 Å². The van der Waals surface area contributed by atoms with Gasteiger partial charge >= 0.3 is 17.9 Å². The highest BCUT2D eigenvalue weighted by Crippen LogP contribution is 2.12. The quantitative estimate of drug-likeness (QED) is 0.0199. The van der Waals surface area contributed by atoms with Crippen molar-refractivity contribution in [3.8, 4) is 0 Å². The molecule has 0 spiro atoms. The number of esters is 3. The molecule has 0 aromatic carbocycles. The number of hydrogen-bond acceptors (Lipinski definition) is 6. The summed E-state index contributed by atoms with van der Waals surface area (Å²) in [7, 11) is 0. The van der Waals surface area contributed by atoms with Crippen LogP contribution in [0.4, 0.5) is 0 Å². The van der Waals surface area contributed by atoms with Crippen molar-refractivity contribution in [2.24, 2.45) is 0 Å².